The highest BCUT2D eigenvalue weighted by Crippen LogP contribution is 2.54. The third-order valence-corrected chi connectivity index (χ3v) is 11.5. The van der Waals surface area contributed by atoms with Gasteiger partial charge >= 0.3 is 0 Å². The molecule has 0 amide bonds. The van der Waals surface area contributed by atoms with Crippen LogP contribution in [-0.4, -0.2) is 0 Å². The Balaban J connectivity index is 1.39. The summed E-state index contributed by atoms with van der Waals surface area (Å²) < 4.78 is 0. The summed E-state index contributed by atoms with van der Waals surface area (Å²) in [4.78, 5) is 9.36. The molecular weight excluding hydrogens is 489 g/mol. The van der Waals surface area contributed by atoms with Gasteiger partial charge in [-0.05, 0) is 84.0 Å². The third-order valence-electron chi connectivity index (χ3n) is 7.09. The van der Waals surface area contributed by atoms with Gasteiger partial charge in [0.15, 0.2) is 0 Å². The predicted molar refractivity (Wildman–Crippen MR) is 155 cm³/mol. The minimum Gasteiger partial charge on any atom is -0.148 e. The van der Waals surface area contributed by atoms with E-state index in [4.69, 9.17) is 0 Å². The van der Waals surface area contributed by atoms with E-state index >= 15 is 0 Å². The molecule has 4 heterocycles. The molecule has 5 rings (SSSR count). The highest BCUT2D eigenvalue weighted by atomic mass is 32.1. The minimum absolute atomic E-state index is 0.426. The van der Waals surface area contributed by atoms with Crippen molar-refractivity contribution in [3.05, 3.63) is 87.5 Å². The van der Waals surface area contributed by atoms with Crippen molar-refractivity contribution >= 4 is 45.3 Å². The monoisotopic (exact) mass is 524 g/mol. The molecule has 0 saturated heterocycles. The van der Waals surface area contributed by atoms with E-state index in [2.05, 4.69) is 83.7 Å². The first kappa shape index (κ1) is 24.5. The average molecular weight is 525 g/mol. The quantitative estimate of drug-likeness (QED) is 0.142. The number of hydrogen-bond acceptors (Lipinski definition) is 4. The first-order valence-electron chi connectivity index (χ1n) is 13.1. The first-order chi connectivity index (χ1) is 16.8. The topological polar surface area (TPSA) is 0 Å². The van der Waals surface area contributed by atoms with E-state index in [9.17, 15) is 0 Å². The molecule has 34 heavy (non-hydrogen) atoms. The zero-order chi connectivity index (χ0) is 23.3. The molecule has 0 saturated carbocycles. The van der Waals surface area contributed by atoms with Gasteiger partial charge in [0.05, 0.1) is 11.8 Å². The second-order valence-corrected chi connectivity index (χ2v) is 13.9. The number of thiophene rings is 4. The maximum Gasteiger partial charge on any atom is 0.0542 e. The highest BCUT2D eigenvalue weighted by Gasteiger charge is 2.37. The van der Waals surface area contributed by atoms with Gasteiger partial charge in [0.25, 0.3) is 0 Å². The SMILES string of the molecule is CCCCCCc1ccc(C2c3ccsc3C(c3ccc(CCCCCC)s3)c3ccsc32)s1. The fourth-order valence-electron chi connectivity index (χ4n) is 5.28. The summed E-state index contributed by atoms with van der Waals surface area (Å²) in [7, 11) is 0. The number of aryl methyl sites for hydroxylation is 2. The van der Waals surface area contributed by atoms with Gasteiger partial charge in [0, 0.05) is 29.3 Å². The fourth-order valence-corrected chi connectivity index (χ4v) is 9.94. The van der Waals surface area contributed by atoms with E-state index in [-0.39, 0.29) is 0 Å². The van der Waals surface area contributed by atoms with Crippen molar-refractivity contribution in [1.29, 1.82) is 0 Å². The molecule has 0 nitrogen and oxygen atoms in total. The van der Waals surface area contributed by atoms with Crippen LogP contribution in [0.2, 0.25) is 0 Å². The van der Waals surface area contributed by atoms with Crippen molar-refractivity contribution in [3.63, 3.8) is 0 Å². The summed E-state index contributed by atoms with van der Waals surface area (Å²) >= 11 is 8.06. The molecule has 2 atom stereocenters. The molecule has 0 aromatic carbocycles. The van der Waals surface area contributed by atoms with Crippen LogP contribution < -0.4 is 0 Å². The Labute approximate surface area is 221 Å². The second-order valence-electron chi connectivity index (χ2n) is 9.58. The van der Waals surface area contributed by atoms with Crippen molar-refractivity contribution in [3.8, 4) is 0 Å². The van der Waals surface area contributed by atoms with Gasteiger partial charge in [-0.15, -0.1) is 45.3 Å². The minimum atomic E-state index is 0.426. The molecule has 180 valence electrons. The molecule has 0 N–H and O–H groups in total. The van der Waals surface area contributed by atoms with Gasteiger partial charge in [-0.2, -0.15) is 0 Å². The summed E-state index contributed by atoms with van der Waals surface area (Å²) in [6, 6.07) is 14.5. The molecule has 0 fully saturated rings. The molecule has 0 spiro atoms. The molecule has 0 aliphatic heterocycles. The molecule has 1 aliphatic carbocycles. The van der Waals surface area contributed by atoms with Crippen LogP contribution in [0.3, 0.4) is 0 Å². The summed E-state index contributed by atoms with van der Waals surface area (Å²) in [5, 5.41) is 4.67. The zero-order valence-corrected chi connectivity index (χ0v) is 23.7. The van der Waals surface area contributed by atoms with Gasteiger partial charge in [0.1, 0.15) is 0 Å². The van der Waals surface area contributed by atoms with E-state index in [1.54, 1.807) is 30.6 Å². The van der Waals surface area contributed by atoms with Crippen molar-refractivity contribution in [1.82, 2.24) is 0 Å². The summed E-state index contributed by atoms with van der Waals surface area (Å²) in [6.07, 6.45) is 13.2. The Morgan fingerprint density at radius 2 is 1.03 bits per heavy atom. The normalized spacial score (nSPS) is 17.1. The van der Waals surface area contributed by atoms with Gasteiger partial charge in [-0.3, -0.25) is 0 Å². The summed E-state index contributed by atoms with van der Waals surface area (Å²) in [5.41, 5.74) is 3.12. The van der Waals surface area contributed by atoms with Crippen molar-refractivity contribution in [2.75, 3.05) is 0 Å². The lowest BCUT2D eigenvalue weighted by molar-refractivity contribution is 0.670. The number of unbranched alkanes of at least 4 members (excludes halogenated alkanes) is 6. The van der Waals surface area contributed by atoms with Crippen LogP contribution in [0, 0.1) is 0 Å². The molecule has 1 aliphatic rings. The van der Waals surface area contributed by atoms with E-state index in [1.807, 2.05) is 22.7 Å². The van der Waals surface area contributed by atoms with Gasteiger partial charge in [0.2, 0.25) is 0 Å². The van der Waals surface area contributed by atoms with E-state index in [0.29, 0.717) is 11.8 Å². The Morgan fingerprint density at radius 3 is 1.47 bits per heavy atom. The Hall–Kier alpha value is -1.20. The molecule has 2 unspecified atom stereocenters. The van der Waals surface area contributed by atoms with Crippen molar-refractivity contribution in [2.45, 2.75) is 89.9 Å². The molecular formula is C30H36S4. The standard InChI is InChI=1S/C30H36S4/c1-3-5-7-9-11-21-13-15-25(33-21)27-23-17-19-32-30(23)28(24-18-20-31-29(24)27)26-16-14-22(34-26)12-10-8-6-4-2/h13-20,27-28H,3-12H2,1-2H3. The lowest BCUT2D eigenvalue weighted by Crippen LogP contribution is -2.14. The van der Waals surface area contributed by atoms with E-state index in [1.165, 1.54) is 74.0 Å². The van der Waals surface area contributed by atoms with E-state index < -0.39 is 0 Å². The maximum atomic E-state index is 2.43. The summed E-state index contributed by atoms with van der Waals surface area (Å²) in [6.45, 7) is 4.59. The molecule has 0 radical (unpaired) electrons. The first-order valence-corrected chi connectivity index (χ1v) is 16.5. The zero-order valence-electron chi connectivity index (χ0n) is 20.5. The number of fused-ring (bicyclic) bond motifs is 2. The number of rotatable bonds is 12. The largest absolute Gasteiger partial charge is 0.148 e. The summed E-state index contributed by atoms with van der Waals surface area (Å²) in [5.74, 6) is 0.853. The van der Waals surface area contributed by atoms with Crippen LogP contribution in [0.15, 0.2) is 47.2 Å². The Kier molecular flexibility index (Phi) is 8.42. The lowest BCUT2D eigenvalue weighted by atomic mass is 9.80. The fraction of sp³-hybridized carbons (Fsp3) is 0.467. The van der Waals surface area contributed by atoms with Gasteiger partial charge in [-0.25, -0.2) is 0 Å². The van der Waals surface area contributed by atoms with Crippen LogP contribution in [-0.2, 0) is 12.8 Å². The van der Waals surface area contributed by atoms with Crippen molar-refractivity contribution < 1.29 is 0 Å². The van der Waals surface area contributed by atoms with Crippen LogP contribution in [0.25, 0.3) is 0 Å². The van der Waals surface area contributed by atoms with Crippen molar-refractivity contribution in [2.24, 2.45) is 0 Å². The van der Waals surface area contributed by atoms with Crippen LogP contribution in [0.5, 0.6) is 0 Å². The van der Waals surface area contributed by atoms with Crippen LogP contribution in [0.4, 0.5) is 0 Å². The smallest absolute Gasteiger partial charge is 0.0542 e. The molecule has 4 heteroatoms. The average Bonchev–Trinajstić information content (AvgIpc) is 3.65. The predicted octanol–water partition coefficient (Wildman–Crippen LogP) is 10.9. The van der Waals surface area contributed by atoms with Gasteiger partial charge in [-0.1, -0.05) is 52.4 Å². The lowest BCUT2D eigenvalue weighted by Gasteiger charge is -2.28. The highest BCUT2D eigenvalue weighted by molar-refractivity contribution is 7.14. The van der Waals surface area contributed by atoms with Crippen LogP contribution >= 0.6 is 45.3 Å². The Morgan fingerprint density at radius 1 is 0.559 bits per heavy atom. The van der Waals surface area contributed by atoms with Gasteiger partial charge < -0.3 is 0 Å². The van der Waals surface area contributed by atoms with Crippen LogP contribution in [0.1, 0.15) is 117 Å². The Bertz CT molecular complexity index is 1040. The number of hydrogen-bond donors (Lipinski definition) is 0. The maximum absolute atomic E-state index is 2.43. The second kappa shape index (κ2) is 11.7. The third kappa shape index (κ3) is 5.16. The molecule has 4 aromatic rings. The molecule has 0 bridgehead atoms. The molecule has 4 aromatic heterocycles. The van der Waals surface area contributed by atoms with E-state index in [0.717, 1.165) is 0 Å².